The molecule has 3 nitrogen and oxygen atoms in total. The number of nitrogens with zero attached hydrogens (tertiary/aromatic N) is 3. The van der Waals surface area contributed by atoms with Gasteiger partial charge in [0.1, 0.15) is 29.0 Å². The molecule has 0 heterocycles. The van der Waals surface area contributed by atoms with E-state index in [4.69, 9.17) is 10.5 Å². The van der Waals surface area contributed by atoms with Crippen molar-refractivity contribution in [3.63, 3.8) is 0 Å². The Morgan fingerprint density at radius 2 is 1.50 bits per heavy atom. The third kappa shape index (κ3) is 2.36. The van der Waals surface area contributed by atoms with Crippen LogP contribution in [0.15, 0.2) is 30.3 Å². The van der Waals surface area contributed by atoms with Gasteiger partial charge in [-0.2, -0.15) is 10.5 Å². The van der Waals surface area contributed by atoms with Crippen LogP contribution in [0, 0.1) is 40.1 Å². The zero-order valence-corrected chi connectivity index (χ0v) is 11.6. The Balaban J connectivity index is 2.80. The molecule has 0 bridgehead atoms. The Morgan fingerprint density at radius 1 is 0.909 bits per heavy atom. The quantitative estimate of drug-likeness (QED) is 0.805. The number of hydrogen-bond acceptors (Lipinski definition) is 3. The average Bonchev–Trinajstić information content (AvgIpc) is 2.54. The summed E-state index contributed by atoms with van der Waals surface area (Å²) in [7, 11) is 0. The van der Waals surface area contributed by atoms with Gasteiger partial charge in [-0.3, -0.25) is 0 Å². The summed E-state index contributed by atoms with van der Waals surface area (Å²) in [6, 6.07) is 11.1. The molecule has 0 saturated carbocycles. The first kappa shape index (κ1) is 15.4. The fourth-order valence-electron chi connectivity index (χ4n) is 2.18. The van der Waals surface area contributed by atoms with Crippen LogP contribution in [0.4, 0.5) is 24.5 Å². The van der Waals surface area contributed by atoms with Crippen molar-refractivity contribution in [1.29, 1.82) is 10.5 Å². The molecule has 0 aliphatic heterocycles. The van der Waals surface area contributed by atoms with Crippen LogP contribution in [0.5, 0.6) is 0 Å². The minimum atomic E-state index is -1.59. The Hall–Kier alpha value is -2.99. The van der Waals surface area contributed by atoms with E-state index in [0.29, 0.717) is 5.69 Å². The Bertz CT molecular complexity index is 789. The maximum absolute atomic E-state index is 14.3. The van der Waals surface area contributed by atoms with Crippen molar-refractivity contribution < 1.29 is 13.2 Å². The third-order valence-corrected chi connectivity index (χ3v) is 3.17. The van der Waals surface area contributed by atoms with Gasteiger partial charge in [-0.1, -0.05) is 18.2 Å². The zero-order valence-electron chi connectivity index (χ0n) is 11.6. The van der Waals surface area contributed by atoms with Crippen LogP contribution in [0.2, 0.25) is 0 Å². The second-order valence-corrected chi connectivity index (χ2v) is 4.34. The maximum atomic E-state index is 14.3. The van der Waals surface area contributed by atoms with E-state index in [1.165, 1.54) is 17.0 Å². The second-order valence-electron chi connectivity index (χ2n) is 4.34. The Labute approximate surface area is 125 Å². The molecule has 0 aliphatic rings. The highest BCUT2D eigenvalue weighted by atomic mass is 19.2. The normalized spacial score (nSPS) is 9.91. The standard InChI is InChI=1S/C16H10F3N3/c1-2-22(10-6-4-3-5-7-10)16-12(9-21)13(17)11(8-20)14(18)15(16)19/h3-7H,2H2,1H3. The molecular weight excluding hydrogens is 291 g/mol. The summed E-state index contributed by atoms with van der Waals surface area (Å²) in [6.07, 6.45) is 0. The van der Waals surface area contributed by atoms with Gasteiger partial charge in [0.05, 0.1) is 0 Å². The molecule has 2 aromatic rings. The summed E-state index contributed by atoms with van der Waals surface area (Å²) < 4.78 is 42.3. The fraction of sp³-hybridized carbons (Fsp3) is 0.125. The molecule has 22 heavy (non-hydrogen) atoms. The maximum Gasteiger partial charge on any atom is 0.185 e. The summed E-state index contributed by atoms with van der Waals surface area (Å²) in [5, 5.41) is 17.8. The lowest BCUT2D eigenvalue weighted by molar-refractivity contribution is 0.490. The molecule has 110 valence electrons. The molecule has 0 unspecified atom stereocenters. The summed E-state index contributed by atoms with van der Waals surface area (Å²) in [4.78, 5) is 1.28. The molecule has 0 fully saturated rings. The van der Waals surface area contributed by atoms with Crippen molar-refractivity contribution in [3.05, 3.63) is 58.9 Å². The van der Waals surface area contributed by atoms with Crippen molar-refractivity contribution in [3.8, 4) is 12.1 Å². The predicted octanol–water partition coefficient (Wildman–Crippen LogP) is 4.01. The van der Waals surface area contributed by atoms with Crippen LogP contribution in [0.25, 0.3) is 0 Å². The summed E-state index contributed by atoms with van der Waals surface area (Å²) >= 11 is 0. The molecule has 0 saturated heterocycles. The van der Waals surface area contributed by atoms with Gasteiger partial charge in [-0.25, -0.2) is 13.2 Å². The summed E-state index contributed by atoms with van der Waals surface area (Å²) in [5.74, 6) is -4.36. The first-order chi connectivity index (χ1) is 10.6. The topological polar surface area (TPSA) is 50.8 Å². The van der Waals surface area contributed by atoms with Crippen LogP contribution in [0.3, 0.4) is 0 Å². The highest BCUT2D eigenvalue weighted by Crippen LogP contribution is 2.35. The molecule has 0 N–H and O–H groups in total. The summed E-state index contributed by atoms with van der Waals surface area (Å²) in [5.41, 5.74) is -1.82. The van der Waals surface area contributed by atoms with Crippen LogP contribution in [-0.4, -0.2) is 6.54 Å². The van der Waals surface area contributed by atoms with Crippen LogP contribution < -0.4 is 4.90 Å². The van der Waals surface area contributed by atoms with Crippen molar-refractivity contribution in [2.45, 2.75) is 6.92 Å². The minimum Gasteiger partial charge on any atom is -0.338 e. The highest BCUT2D eigenvalue weighted by molar-refractivity contribution is 5.71. The summed E-state index contributed by atoms with van der Waals surface area (Å²) in [6.45, 7) is 1.84. The molecule has 2 rings (SSSR count). The molecule has 0 amide bonds. The lowest BCUT2D eigenvalue weighted by Gasteiger charge is -2.25. The molecule has 2 aromatic carbocycles. The SMILES string of the molecule is CCN(c1ccccc1)c1c(F)c(F)c(C#N)c(F)c1C#N. The number of halogens is 3. The van der Waals surface area contributed by atoms with E-state index in [2.05, 4.69) is 0 Å². The fourth-order valence-corrected chi connectivity index (χ4v) is 2.18. The molecule has 0 atom stereocenters. The minimum absolute atomic E-state index is 0.181. The van der Waals surface area contributed by atoms with Crippen molar-refractivity contribution in [2.75, 3.05) is 11.4 Å². The Morgan fingerprint density at radius 3 is 2.00 bits per heavy atom. The lowest BCUT2D eigenvalue weighted by Crippen LogP contribution is -2.21. The van der Waals surface area contributed by atoms with Crippen LogP contribution in [-0.2, 0) is 0 Å². The first-order valence-electron chi connectivity index (χ1n) is 6.40. The second kappa shape index (κ2) is 6.19. The number of benzene rings is 2. The van der Waals surface area contributed by atoms with Crippen molar-refractivity contribution in [2.24, 2.45) is 0 Å². The van der Waals surface area contributed by atoms with E-state index in [-0.39, 0.29) is 6.54 Å². The largest absolute Gasteiger partial charge is 0.338 e. The van der Waals surface area contributed by atoms with Crippen LogP contribution in [0.1, 0.15) is 18.1 Å². The van der Waals surface area contributed by atoms with E-state index in [9.17, 15) is 13.2 Å². The first-order valence-corrected chi connectivity index (χ1v) is 6.40. The highest BCUT2D eigenvalue weighted by Gasteiger charge is 2.28. The number of anilines is 2. The van der Waals surface area contributed by atoms with E-state index < -0.39 is 34.3 Å². The molecule has 0 radical (unpaired) electrons. The molecular formula is C16H10F3N3. The number of para-hydroxylation sites is 1. The molecule has 0 aromatic heterocycles. The van der Waals surface area contributed by atoms with Gasteiger partial charge in [0, 0.05) is 12.2 Å². The number of hydrogen-bond donors (Lipinski definition) is 0. The number of rotatable bonds is 3. The van der Waals surface area contributed by atoms with Crippen molar-refractivity contribution >= 4 is 11.4 Å². The number of nitriles is 2. The van der Waals surface area contributed by atoms with Gasteiger partial charge in [-0.05, 0) is 19.1 Å². The molecule has 0 aliphatic carbocycles. The average molecular weight is 301 g/mol. The Kier molecular flexibility index (Phi) is 4.33. The van der Waals surface area contributed by atoms with E-state index in [1.807, 2.05) is 0 Å². The van der Waals surface area contributed by atoms with Crippen LogP contribution >= 0.6 is 0 Å². The van der Waals surface area contributed by atoms with E-state index >= 15 is 0 Å². The van der Waals surface area contributed by atoms with Gasteiger partial charge in [0.2, 0.25) is 0 Å². The van der Waals surface area contributed by atoms with Gasteiger partial charge in [0.15, 0.2) is 17.5 Å². The van der Waals surface area contributed by atoms with Gasteiger partial charge in [-0.15, -0.1) is 0 Å². The van der Waals surface area contributed by atoms with E-state index in [1.54, 1.807) is 37.3 Å². The lowest BCUT2D eigenvalue weighted by atomic mass is 10.1. The smallest absolute Gasteiger partial charge is 0.185 e. The van der Waals surface area contributed by atoms with Gasteiger partial charge >= 0.3 is 0 Å². The monoisotopic (exact) mass is 301 g/mol. The van der Waals surface area contributed by atoms with Gasteiger partial charge in [0.25, 0.3) is 0 Å². The third-order valence-electron chi connectivity index (χ3n) is 3.17. The van der Waals surface area contributed by atoms with Gasteiger partial charge < -0.3 is 4.90 Å². The van der Waals surface area contributed by atoms with Crippen molar-refractivity contribution in [1.82, 2.24) is 0 Å². The van der Waals surface area contributed by atoms with E-state index in [0.717, 1.165) is 0 Å². The predicted molar refractivity (Wildman–Crippen MR) is 74.9 cm³/mol. The zero-order chi connectivity index (χ0) is 16.3. The molecule has 0 spiro atoms. The molecule has 6 heteroatoms.